The van der Waals surface area contributed by atoms with Crippen LogP contribution in [-0.4, -0.2) is 22.0 Å². The molecule has 1 fully saturated rings. The smallest absolute Gasteiger partial charge is 0.270 e. The zero-order chi connectivity index (χ0) is 19.0. The van der Waals surface area contributed by atoms with E-state index in [9.17, 15) is 14.7 Å². The van der Waals surface area contributed by atoms with Crippen molar-refractivity contribution in [1.82, 2.24) is 5.32 Å². The maximum absolute atomic E-state index is 12.9. The molecule has 0 unspecified atom stereocenters. The number of rotatable bonds is 2. The Kier molecular flexibility index (Phi) is 5.99. The van der Waals surface area contributed by atoms with E-state index in [4.69, 9.17) is 12.2 Å². The molecule has 0 saturated carbocycles. The number of carbonyl (C=O) groups excluding carboxylic acids is 2. The summed E-state index contributed by atoms with van der Waals surface area (Å²) in [4.78, 5) is 26.5. The zero-order valence-electron chi connectivity index (χ0n) is 12.8. The highest BCUT2D eigenvalue weighted by Crippen LogP contribution is 2.29. The third-order valence-electron chi connectivity index (χ3n) is 3.52. The molecule has 2 aromatic carbocycles. The van der Waals surface area contributed by atoms with Crippen LogP contribution < -0.4 is 10.2 Å². The van der Waals surface area contributed by atoms with Crippen LogP contribution in [-0.2, 0) is 9.59 Å². The van der Waals surface area contributed by atoms with Gasteiger partial charge in [0, 0.05) is 4.47 Å². The van der Waals surface area contributed by atoms with Crippen LogP contribution in [0, 0.1) is 7.14 Å². The van der Waals surface area contributed by atoms with Crippen molar-refractivity contribution in [2.45, 2.75) is 0 Å². The Hall–Kier alpha value is -1.05. The van der Waals surface area contributed by atoms with Crippen molar-refractivity contribution in [2.75, 3.05) is 4.90 Å². The molecule has 5 nitrogen and oxygen atoms in total. The first-order chi connectivity index (χ1) is 12.3. The van der Waals surface area contributed by atoms with Crippen molar-refractivity contribution < 1.29 is 14.7 Å². The summed E-state index contributed by atoms with van der Waals surface area (Å²) in [5.74, 6) is -0.885. The zero-order valence-corrected chi connectivity index (χ0v) is 19.5. The Morgan fingerprint density at radius 3 is 2.42 bits per heavy atom. The average molecular weight is 655 g/mol. The maximum atomic E-state index is 12.9. The Morgan fingerprint density at radius 2 is 1.81 bits per heavy atom. The number of carbonyl (C=O) groups is 2. The predicted molar refractivity (Wildman–Crippen MR) is 124 cm³/mol. The van der Waals surface area contributed by atoms with Gasteiger partial charge in [0.25, 0.3) is 11.8 Å². The Balaban J connectivity index is 2.06. The van der Waals surface area contributed by atoms with Gasteiger partial charge in [0.15, 0.2) is 5.11 Å². The largest absolute Gasteiger partial charge is 0.506 e. The molecule has 2 aromatic rings. The fraction of sp³-hybridized carbons (Fsp3) is 0. The van der Waals surface area contributed by atoms with Crippen LogP contribution in [0.2, 0.25) is 0 Å². The highest BCUT2D eigenvalue weighted by atomic mass is 127. The molecule has 2 N–H and O–H groups in total. The molecule has 0 bridgehead atoms. The van der Waals surface area contributed by atoms with Gasteiger partial charge in [0.05, 0.1) is 12.8 Å². The fourth-order valence-electron chi connectivity index (χ4n) is 2.34. The van der Waals surface area contributed by atoms with E-state index in [-0.39, 0.29) is 16.4 Å². The quantitative estimate of drug-likeness (QED) is 0.221. The van der Waals surface area contributed by atoms with Gasteiger partial charge in [-0.1, -0.05) is 22.0 Å². The van der Waals surface area contributed by atoms with Gasteiger partial charge in [0.1, 0.15) is 11.3 Å². The number of nitrogens with zero attached hydrogens (tertiary/aromatic N) is 1. The molecule has 2 amide bonds. The lowest BCUT2D eigenvalue weighted by molar-refractivity contribution is -0.122. The number of anilines is 1. The number of aromatic hydroxyl groups is 1. The lowest BCUT2D eigenvalue weighted by atomic mass is 10.1. The number of hydrogen-bond donors (Lipinski definition) is 2. The van der Waals surface area contributed by atoms with Gasteiger partial charge in [-0.25, -0.2) is 0 Å². The summed E-state index contributed by atoms with van der Waals surface area (Å²) in [6.45, 7) is 0. The van der Waals surface area contributed by atoms with Gasteiger partial charge in [0.2, 0.25) is 0 Å². The number of nitrogens with one attached hydrogen (secondary N) is 1. The Bertz CT molecular complexity index is 971. The molecule has 9 heteroatoms. The summed E-state index contributed by atoms with van der Waals surface area (Å²) < 4.78 is 2.05. The van der Waals surface area contributed by atoms with Crippen LogP contribution in [0.15, 0.2) is 46.4 Å². The van der Waals surface area contributed by atoms with E-state index in [0.717, 1.165) is 4.47 Å². The third kappa shape index (κ3) is 3.94. The van der Waals surface area contributed by atoms with Crippen molar-refractivity contribution in [3.8, 4) is 5.75 Å². The number of phenolic OH excluding ortho intramolecular Hbond substituents is 1. The second-order valence-corrected chi connectivity index (χ2v) is 8.90. The van der Waals surface area contributed by atoms with Gasteiger partial charge < -0.3 is 5.11 Å². The van der Waals surface area contributed by atoms with Crippen molar-refractivity contribution in [1.29, 1.82) is 0 Å². The monoisotopic (exact) mass is 654 g/mol. The normalized spacial score (nSPS) is 16.2. The van der Waals surface area contributed by atoms with Crippen LogP contribution in [0.3, 0.4) is 0 Å². The topological polar surface area (TPSA) is 69.6 Å². The van der Waals surface area contributed by atoms with Crippen molar-refractivity contribution in [3.63, 3.8) is 0 Å². The van der Waals surface area contributed by atoms with Crippen LogP contribution >= 0.6 is 73.3 Å². The predicted octanol–water partition coefficient (Wildman–Crippen LogP) is 4.20. The molecule has 0 atom stereocenters. The van der Waals surface area contributed by atoms with E-state index < -0.39 is 11.8 Å². The van der Waals surface area contributed by atoms with Gasteiger partial charge in [-0.15, -0.1) is 0 Å². The highest BCUT2D eigenvalue weighted by molar-refractivity contribution is 14.1. The van der Waals surface area contributed by atoms with Gasteiger partial charge in [-0.3, -0.25) is 19.8 Å². The molecule has 1 aliphatic heterocycles. The fourth-order valence-corrected chi connectivity index (χ4v) is 4.83. The Morgan fingerprint density at radius 1 is 1.15 bits per heavy atom. The number of phenols is 1. The average Bonchev–Trinajstić information content (AvgIpc) is 2.56. The first-order valence-electron chi connectivity index (χ1n) is 7.13. The first kappa shape index (κ1) is 19.7. The third-order valence-corrected chi connectivity index (χ3v) is 5.94. The second-order valence-electron chi connectivity index (χ2n) is 5.27. The number of thiocarbonyl (C=S) groups is 1. The van der Waals surface area contributed by atoms with E-state index in [1.165, 1.54) is 11.0 Å². The molecule has 26 heavy (non-hydrogen) atoms. The molecule has 1 heterocycles. The van der Waals surface area contributed by atoms with Crippen molar-refractivity contribution >= 4 is 102 Å². The van der Waals surface area contributed by atoms with Gasteiger partial charge >= 0.3 is 0 Å². The van der Waals surface area contributed by atoms with E-state index in [1.807, 2.05) is 51.2 Å². The highest BCUT2D eigenvalue weighted by Gasteiger charge is 2.34. The molecule has 1 aliphatic rings. The van der Waals surface area contributed by atoms with Gasteiger partial charge in [-0.2, -0.15) is 0 Å². The summed E-state index contributed by atoms with van der Waals surface area (Å²) in [5, 5.41) is 12.5. The summed E-state index contributed by atoms with van der Waals surface area (Å²) >= 11 is 12.5. The number of benzene rings is 2. The van der Waals surface area contributed by atoms with E-state index >= 15 is 0 Å². The lowest BCUT2D eigenvalue weighted by Crippen LogP contribution is -2.54. The lowest BCUT2D eigenvalue weighted by Gasteiger charge is -2.29. The van der Waals surface area contributed by atoms with E-state index in [0.29, 0.717) is 18.4 Å². The Labute approximate surface area is 190 Å². The minimum absolute atomic E-state index is 0.0316. The molecule has 3 rings (SSSR count). The first-order valence-corrected chi connectivity index (χ1v) is 10.5. The van der Waals surface area contributed by atoms with Gasteiger partial charge in [-0.05, 0) is 99.4 Å². The minimum Gasteiger partial charge on any atom is -0.506 e. The SMILES string of the molecule is O=C1NC(=S)N(c2cccc(Br)c2)C(=O)C1=Cc1cc(I)c(O)c(I)c1. The molecule has 1 saturated heterocycles. The van der Waals surface area contributed by atoms with Crippen LogP contribution in [0.1, 0.15) is 5.56 Å². The summed E-state index contributed by atoms with van der Waals surface area (Å²) in [6, 6.07) is 10.5. The minimum atomic E-state index is -0.552. The number of halogens is 3. The molecule has 0 spiro atoms. The number of amides is 2. The van der Waals surface area contributed by atoms with Crippen molar-refractivity contribution in [2.24, 2.45) is 0 Å². The summed E-state index contributed by atoms with van der Waals surface area (Å²) in [5.41, 5.74) is 1.16. The van der Waals surface area contributed by atoms with Crippen LogP contribution in [0.25, 0.3) is 6.08 Å². The summed E-state index contributed by atoms with van der Waals surface area (Å²) in [6.07, 6.45) is 1.49. The van der Waals surface area contributed by atoms with Crippen LogP contribution in [0.5, 0.6) is 5.75 Å². The van der Waals surface area contributed by atoms with Crippen molar-refractivity contribution in [3.05, 3.63) is 59.1 Å². The molecule has 0 radical (unpaired) electrons. The molecule has 0 aromatic heterocycles. The number of hydrogen-bond acceptors (Lipinski definition) is 4. The molecular weight excluding hydrogens is 646 g/mol. The molecule has 0 aliphatic carbocycles. The standard InChI is InChI=1S/C17H9BrI2N2O3S/c18-9-2-1-3-10(7-9)22-16(25)11(15(24)21-17(22)26)4-8-5-12(19)14(23)13(20)6-8/h1-7,23H,(H,21,24,26). The molecular formula is C17H9BrI2N2O3S. The molecule has 132 valence electrons. The van der Waals surface area contributed by atoms with Crippen LogP contribution in [0.4, 0.5) is 5.69 Å². The van der Waals surface area contributed by atoms with E-state index in [1.54, 1.807) is 30.3 Å². The van der Waals surface area contributed by atoms with E-state index in [2.05, 4.69) is 21.2 Å². The maximum Gasteiger partial charge on any atom is 0.270 e. The second kappa shape index (κ2) is 7.90. The summed E-state index contributed by atoms with van der Waals surface area (Å²) in [7, 11) is 0.